The van der Waals surface area contributed by atoms with Crippen LogP contribution in [0.5, 0.6) is 0 Å². The second kappa shape index (κ2) is 8.49. The van der Waals surface area contributed by atoms with Crippen LogP contribution in [-0.4, -0.2) is 28.9 Å². The van der Waals surface area contributed by atoms with Crippen LogP contribution in [0.15, 0.2) is 5.38 Å². The highest BCUT2D eigenvalue weighted by molar-refractivity contribution is 7.13. The summed E-state index contributed by atoms with van der Waals surface area (Å²) in [6.07, 6.45) is 6.39. The lowest BCUT2D eigenvalue weighted by Crippen LogP contribution is -2.32. The number of anilines is 1. The zero-order chi connectivity index (χ0) is 15.1. The molecule has 118 valence electrons. The van der Waals surface area contributed by atoms with Crippen LogP contribution in [0.3, 0.4) is 0 Å². The zero-order valence-corrected chi connectivity index (χ0v) is 14.0. The van der Waals surface area contributed by atoms with E-state index >= 15 is 0 Å². The van der Waals surface area contributed by atoms with Crippen LogP contribution in [0.2, 0.25) is 0 Å². The predicted octanol–water partition coefficient (Wildman–Crippen LogP) is 3.89. The third kappa shape index (κ3) is 5.75. The molecule has 21 heavy (non-hydrogen) atoms. The van der Waals surface area contributed by atoms with E-state index in [4.69, 9.17) is 0 Å². The molecule has 1 saturated heterocycles. The van der Waals surface area contributed by atoms with Crippen molar-refractivity contribution >= 4 is 22.4 Å². The van der Waals surface area contributed by atoms with E-state index in [9.17, 15) is 4.79 Å². The molecule has 1 aromatic heterocycles. The Kier molecular flexibility index (Phi) is 6.64. The highest BCUT2D eigenvalue weighted by Crippen LogP contribution is 2.21. The lowest BCUT2D eigenvalue weighted by Gasteiger charge is -2.29. The number of nitrogens with one attached hydrogen (secondary N) is 1. The first kappa shape index (κ1) is 16.4. The van der Waals surface area contributed by atoms with Crippen molar-refractivity contribution in [1.82, 2.24) is 9.88 Å². The summed E-state index contributed by atoms with van der Waals surface area (Å²) < 4.78 is 0. The van der Waals surface area contributed by atoms with Gasteiger partial charge in [-0.25, -0.2) is 4.98 Å². The normalized spacial score (nSPS) is 17.0. The van der Waals surface area contributed by atoms with Crippen LogP contribution < -0.4 is 5.32 Å². The van der Waals surface area contributed by atoms with E-state index in [0.717, 1.165) is 55.6 Å². The first-order valence-electron chi connectivity index (χ1n) is 8.14. The van der Waals surface area contributed by atoms with E-state index < -0.39 is 0 Å². The Bertz CT molecular complexity index is 438. The highest BCUT2D eigenvalue weighted by atomic mass is 32.1. The summed E-state index contributed by atoms with van der Waals surface area (Å²) in [6.45, 7) is 7.71. The Balaban J connectivity index is 1.74. The van der Waals surface area contributed by atoms with E-state index in [1.54, 1.807) is 0 Å². The molecule has 0 unspecified atom stereocenters. The maximum Gasteiger partial charge on any atom is 0.226 e. The number of piperidine rings is 1. The molecule has 0 bridgehead atoms. The minimum Gasteiger partial charge on any atom is -0.302 e. The summed E-state index contributed by atoms with van der Waals surface area (Å²) in [4.78, 5) is 18.8. The fourth-order valence-electron chi connectivity index (χ4n) is 2.60. The quantitative estimate of drug-likeness (QED) is 0.777. The van der Waals surface area contributed by atoms with E-state index in [-0.39, 0.29) is 5.91 Å². The molecule has 2 heterocycles. The Morgan fingerprint density at radius 1 is 1.43 bits per heavy atom. The van der Waals surface area contributed by atoms with Crippen molar-refractivity contribution < 1.29 is 4.79 Å². The van der Waals surface area contributed by atoms with Gasteiger partial charge in [-0.3, -0.25) is 9.69 Å². The van der Waals surface area contributed by atoms with E-state index in [0.29, 0.717) is 6.42 Å². The molecule has 0 atom stereocenters. The van der Waals surface area contributed by atoms with Gasteiger partial charge in [0.05, 0.1) is 5.69 Å². The minimum atomic E-state index is 0.0937. The van der Waals surface area contributed by atoms with Gasteiger partial charge in [0.15, 0.2) is 5.13 Å². The van der Waals surface area contributed by atoms with Crippen LogP contribution in [0.4, 0.5) is 5.13 Å². The number of thiazole rings is 1. The molecular formula is C16H27N3OS. The molecule has 0 radical (unpaired) electrons. The van der Waals surface area contributed by atoms with Gasteiger partial charge in [-0.2, -0.15) is 0 Å². The van der Waals surface area contributed by atoms with Gasteiger partial charge in [0, 0.05) is 18.3 Å². The summed E-state index contributed by atoms with van der Waals surface area (Å²) in [5, 5.41) is 5.73. The van der Waals surface area contributed by atoms with Gasteiger partial charge < -0.3 is 5.32 Å². The maximum atomic E-state index is 11.8. The van der Waals surface area contributed by atoms with Crippen molar-refractivity contribution in [2.75, 3.05) is 18.4 Å². The summed E-state index contributed by atoms with van der Waals surface area (Å²) in [7, 11) is 0. The molecule has 2 rings (SSSR count). The van der Waals surface area contributed by atoms with Gasteiger partial charge in [0.2, 0.25) is 5.91 Å². The fraction of sp³-hybridized carbons (Fsp3) is 0.750. The maximum absolute atomic E-state index is 11.8. The number of rotatable bonds is 7. The number of carbonyl (C=O) groups excluding carboxylic acids is 1. The monoisotopic (exact) mass is 309 g/mol. The van der Waals surface area contributed by atoms with Crippen molar-refractivity contribution in [2.24, 2.45) is 5.92 Å². The van der Waals surface area contributed by atoms with Crippen molar-refractivity contribution in [3.05, 3.63) is 11.1 Å². The second-order valence-electron chi connectivity index (χ2n) is 6.11. The molecule has 1 aromatic rings. The van der Waals surface area contributed by atoms with Crippen LogP contribution >= 0.6 is 11.3 Å². The lowest BCUT2D eigenvalue weighted by atomic mass is 9.99. The molecule has 1 N–H and O–H groups in total. The average Bonchev–Trinajstić information content (AvgIpc) is 2.89. The largest absolute Gasteiger partial charge is 0.302 e. The molecule has 1 aliphatic heterocycles. The lowest BCUT2D eigenvalue weighted by molar-refractivity contribution is -0.116. The van der Waals surface area contributed by atoms with Gasteiger partial charge in [0.1, 0.15) is 0 Å². The summed E-state index contributed by atoms with van der Waals surface area (Å²) in [5.74, 6) is 0.950. The molecule has 5 heteroatoms. The second-order valence-corrected chi connectivity index (χ2v) is 6.97. The first-order chi connectivity index (χ1) is 10.2. The van der Waals surface area contributed by atoms with Crippen molar-refractivity contribution in [1.29, 1.82) is 0 Å². The molecule has 4 nitrogen and oxygen atoms in total. The van der Waals surface area contributed by atoms with Gasteiger partial charge in [-0.15, -0.1) is 11.3 Å². The highest BCUT2D eigenvalue weighted by Gasteiger charge is 2.17. The molecule has 0 spiro atoms. The van der Waals surface area contributed by atoms with E-state index in [1.807, 2.05) is 0 Å². The van der Waals surface area contributed by atoms with Crippen LogP contribution in [0.1, 0.15) is 58.1 Å². The number of nitrogens with zero attached hydrogens (tertiary/aromatic N) is 2. The Morgan fingerprint density at radius 2 is 2.19 bits per heavy atom. The Morgan fingerprint density at radius 3 is 2.90 bits per heavy atom. The summed E-state index contributed by atoms with van der Waals surface area (Å²) in [6, 6.07) is 0. The predicted molar refractivity (Wildman–Crippen MR) is 88.6 cm³/mol. The van der Waals surface area contributed by atoms with Crippen LogP contribution in [0, 0.1) is 5.92 Å². The Labute approximate surface area is 132 Å². The van der Waals surface area contributed by atoms with Crippen molar-refractivity contribution in [3.8, 4) is 0 Å². The molecule has 0 aliphatic carbocycles. The number of aromatic nitrogens is 1. The number of likely N-dealkylation sites (tertiary alicyclic amines) is 1. The zero-order valence-electron chi connectivity index (χ0n) is 13.2. The average molecular weight is 309 g/mol. The Hall–Kier alpha value is -0.940. The fourth-order valence-corrected chi connectivity index (χ4v) is 3.32. The third-order valence-corrected chi connectivity index (χ3v) is 4.87. The van der Waals surface area contributed by atoms with Gasteiger partial charge >= 0.3 is 0 Å². The number of unbranched alkanes of at least 4 members (excludes halogenated alkanes) is 2. The van der Waals surface area contributed by atoms with Gasteiger partial charge in [-0.1, -0.05) is 26.7 Å². The van der Waals surface area contributed by atoms with E-state index in [1.165, 1.54) is 24.2 Å². The SMILES string of the molecule is CCCCCC(=O)Nc1nc(CN2CCC(C)CC2)cs1. The molecule has 0 saturated carbocycles. The minimum absolute atomic E-state index is 0.0937. The molecule has 1 aliphatic rings. The van der Waals surface area contributed by atoms with Gasteiger partial charge in [0.25, 0.3) is 0 Å². The number of amides is 1. The number of hydrogen-bond acceptors (Lipinski definition) is 4. The number of hydrogen-bond donors (Lipinski definition) is 1. The third-order valence-electron chi connectivity index (χ3n) is 4.07. The molecule has 0 aromatic carbocycles. The summed E-state index contributed by atoms with van der Waals surface area (Å²) >= 11 is 1.54. The van der Waals surface area contributed by atoms with Crippen LogP contribution in [0.25, 0.3) is 0 Å². The molecule has 1 fully saturated rings. The van der Waals surface area contributed by atoms with Crippen molar-refractivity contribution in [3.63, 3.8) is 0 Å². The van der Waals surface area contributed by atoms with Gasteiger partial charge in [-0.05, 0) is 38.3 Å². The topological polar surface area (TPSA) is 45.2 Å². The van der Waals surface area contributed by atoms with Crippen molar-refractivity contribution in [2.45, 2.75) is 58.9 Å². The first-order valence-corrected chi connectivity index (χ1v) is 9.02. The smallest absolute Gasteiger partial charge is 0.226 e. The number of carbonyl (C=O) groups is 1. The van der Waals surface area contributed by atoms with Crippen LogP contribution in [-0.2, 0) is 11.3 Å². The summed E-state index contributed by atoms with van der Waals surface area (Å²) in [5.41, 5.74) is 1.08. The van der Waals surface area contributed by atoms with E-state index in [2.05, 4.69) is 34.4 Å². The molecular weight excluding hydrogens is 282 g/mol. The standard InChI is InChI=1S/C16H27N3OS/c1-3-4-5-6-15(20)18-16-17-14(12-21-16)11-19-9-7-13(2)8-10-19/h12-13H,3-11H2,1-2H3,(H,17,18,20). The molecule has 1 amide bonds.